The van der Waals surface area contributed by atoms with Crippen molar-refractivity contribution in [3.8, 4) is 0 Å². The van der Waals surface area contributed by atoms with E-state index in [-0.39, 0.29) is 0 Å². The Labute approximate surface area is 174 Å². The van der Waals surface area contributed by atoms with Gasteiger partial charge in [-0.1, -0.05) is 19.3 Å². The van der Waals surface area contributed by atoms with Crippen molar-refractivity contribution in [3.05, 3.63) is 0 Å². The van der Waals surface area contributed by atoms with Gasteiger partial charge in [0.1, 0.15) is 48.8 Å². The number of hydrogen-bond donors (Lipinski definition) is 7. The Kier molecular flexibility index (Phi) is 8.82. The van der Waals surface area contributed by atoms with Crippen LogP contribution in [0.3, 0.4) is 0 Å². The predicted molar refractivity (Wildman–Crippen MR) is 98.9 cm³/mol. The molecule has 5 unspecified atom stereocenters. The fourth-order valence-corrected chi connectivity index (χ4v) is 4.28. The van der Waals surface area contributed by atoms with Crippen LogP contribution in [0.25, 0.3) is 0 Å². The molecule has 0 spiro atoms. The van der Waals surface area contributed by atoms with Crippen molar-refractivity contribution in [2.75, 3.05) is 19.8 Å². The molecule has 10 atom stereocenters. The highest BCUT2D eigenvalue weighted by Gasteiger charge is 2.50. The summed E-state index contributed by atoms with van der Waals surface area (Å²) < 4.78 is 22.1. The summed E-state index contributed by atoms with van der Waals surface area (Å²) >= 11 is 0. The molecule has 0 aromatic rings. The molecular formula is C19H34O11. The van der Waals surface area contributed by atoms with Crippen LogP contribution in [0, 0.1) is 5.92 Å². The third-order valence-electron chi connectivity index (χ3n) is 6.18. The van der Waals surface area contributed by atoms with E-state index in [1.807, 2.05) is 0 Å². The summed E-state index contributed by atoms with van der Waals surface area (Å²) in [5.41, 5.74) is 0. The second-order valence-electron chi connectivity index (χ2n) is 8.34. The van der Waals surface area contributed by atoms with Crippen molar-refractivity contribution in [1.29, 1.82) is 0 Å². The molecule has 11 heteroatoms. The average molecular weight is 438 g/mol. The molecule has 176 valence electrons. The highest BCUT2D eigenvalue weighted by molar-refractivity contribution is 4.94. The maximum atomic E-state index is 10.6. The van der Waals surface area contributed by atoms with E-state index in [2.05, 4.69) is 0 Å². The predicted octanol–water partition coefficient (Wildman–Crippen LogP) is -2.79. The van der Waals surface area contributed by atoms with Crippen molar-refractivity contribution in [2.45, 2.75) is 93.5 Å². The van der Waals surface area contributed by atoms with Crippen LogP contribution in [0.1, 0.15) is 32.1 Å². The standard InChI is InChI=1S/C19H34O11/c20-6-10-12(22)13(23)15(25)19(28-10)30-17-11(7-21)29-18(16(26)14(17)24)27-8-9-4-2-1-3-5-9/h9-26H,1-8H2/t10-,11-,12?,13+,14-,15?,16?,17?,18-,19?/m1/s1. The second kappa shape index (κ2) is 10.9. The molecule has 2 saturated heterocycles. The van der Waals surface area contributed by atoms with Crippen molar-refractivity contribution in [2.24, 2.45) is 5.92 Å². The summed E-state index contributed by atoms with van der Waals surface area (Å²) in [6.45, 7) is -0.850. The maximum absolute atomic E-state index is 10.6. The number of hydrogen-bond acceptors (Lipinski definition) is 11. The van der Waals surface area contributed by atoms with Crippen molar-refractivity contribution in [3.63, 3.8) is 0 Å². The first kappa shape index (κ1) is 24.2. The van der Waals surface area contributed by atoms with Gasteiger partial charge in [-0.2, -0.15) is 0 Å². The Bertz CT molecular complexity index is 513. The smallest absolute Gasteiger partial charge is 0.187 e. The Morgan fingerprint density at radius 2 is 1.27 bits per heavy atom. The van der Waals surface area contributed by atoms with Gasteiger partial charge in [-0.15, -0.1) is 0 Å². The Balaban J connectivity index is 1.61. The minimum Gasteiger partial charge on any atom is -0.394 e. The number of aliphatic hydroxyl groups excluding tert-OH is 7. The van der Waals surface area contributed by atoms with Crippen molar-refractivity contribution >= 4 is 0 Å². The summed E-state index contributed by atoms with van der Waals surface area (Å²) in [5, 5.41) is 69.9. The molecule has 30 heavy (non-hydrogen) atoms. The summed E-state index contributed by atoms with van der Waals surface area (Å²) in [7, 11) is 0. The van der Waals surface area contributed by atoms with Crippen LogP contribution in [0.15, 0.2) is 0 Å². The molecule has 0 aromatic heterocycles. The fourth-order valence-electron chi connectivity index (χ4n) is 4.28. The SMILES string of the molecule is OC[C@H]1OC(OC2[C@H](O)C(O)[C@H](OCC3CCCCC3)O[C@@H]2CO)C(O)[C@@H](O)C1O. The molecule has 0 aromatic carbocycles. The summed E-state index contributed by atoms with van der Waals surface area (Å²) in [6, 6.07) is 0. The highest BCUT2D eigenvalue weighted by atomic mass is 16.7. The largest absolute Gasteiger partial charge is 0.394 e. The van der Waals surface area contributed by atoms with Gasteiger partial charge in [-0.05, 0) is 18.8 Å². The van der Waals surface area contributed by atoms with Crippen molar-refractivity contribution in [1.82, 2.24) is 0 Å². The first-order valence-corrected chi connectivity index (χ1v) is 10.6. The lowest BCUT2D eigenvalue weighted by Gasteiger charge is -2.46. The van der Waals surface area contributed by atoms with Crippen LogP contribution >= 0.6 is 0 Å². The summed E-state index contributed by atoms with van der Waals surface area (Å²) in [6.07, 6.45) is -8.75. The van der Waals surface area contributed by atoms with Gasteiger partial charge in [0, 0.05) is 0 Å². The van der Waals surface area contributed by atoms with E-state index < -0.39 is 74.6 Å². The van der Waals surface area contributed by atoms with E-state index in [1.54, 1.807) is 0 Å². The van der Waals surface area contributed by atoms with Gasteiger partial charge in [0.25, 0.3) is 0 Å². The third-order valence-corrected chi connectivity index (χ3v) is 6.18. The van der Waals surface area contributed by atoms with Crippen LogP contribution in [0.5, 0.6) is 0 Å². The zero-order valence-electron chi connectivity index (χ0n) is 16.8. The van der Waals surface area contributed by atoms with Crippen molar-refractivity contribution < 1.29 is 54.7 Å². The van der Waals surface area contributed by atoms with Crippen LogP contribution < -0.4 is 0 Å². The summed E-state index contributed by atoms with van der Waals surface area (Å²) in [4.78, 5) is 0. The quantitative estimate of drug-likeness (QED) is 0.218. The van der Waals surface area contributed by atoms with Crippen LogP contribution in [0.4, 0.5) is 0 Å². The topological polar surface area (TPSA) is 179 Å². The average Bonchev–Trinajstić information content (AvgIpc) is 2.77. The van der Waals surface area contributed by atoms with E-state index in [0.717, 1.165) is 25.7 Å². The monoisotopic (exact) mass is 438 g/mol. The highest BCUT2D eigenvalue weighted by Crippen LogP contribution is 2.30. The van der Waals surface area contributed by atoms with Gasteiger partial charge in [0.05, 0.1) is 19.8 Å². The molecule has 3 rings (SSSR count). The van der Waals surface area contributed by atoms with Gasteiger partial charge >= 0.3 is 0 Å². The zero-order chi connectivity index (χ0) is 21.8. The Morgan fingerprint density at radius 1 is 0.667 bits per heavy atom. The minimum absolute atomic E-state index is 0.349. The lowest BCUT2D eigenvalue weighted by Crippen LogP contribution is -2.64. The van der Waals surface area contributed by atoms with Gasteiger partial charge in [0.2, 0.25) is 0 Å². The maximum Gasteiger partial charge on any atom is 0.187 e. The lowest BCUT2D eigenvalue weighted by molar-refractivity contribution is -0.360. The molecule has 1 saturated carbocycles. The normalized spacial score (nSPS) is 46.1. The van der Waals surface area contributed by atoms with Crippen LogP contribution in [-0.2, 0) is 18.9 Å². The van der Waals surface area contributed by atoms with Crippen LogP contribution in [0.2, 0.25) is 0 Å². The first-order valence-electron chi connectivity index (χ1n) is 10.6. The first-order chi connectivity index (χ1) is 14.4. The van der Waals surface area contributed by atoms with Gasteiger partial charge in [-0.25, -0.2) is 0 Å². The Hall–Kier alpha value is -0.440. The minimum atomic E-state index is -1.69. The van der Waals surface area contributed by atoms with Gasteiger partial charge < -0.3 is 54.7 Å². The van der Waals surface area contributed by atoms with E-state index in [1.165, 1.54) is 6.42 Å². The molecule has 1 aliphatic carbocycles. The number of rotatable bonds is 7. The number of aliphatic hydroxyl groups is 7. The van der Waals surface area contributed by atoms with E-state index in [4.69, 9.17) is 18.9 Å². The molecule has 3 fully saturated rings. The third kappa shape index (κ3) is 5.30. The molecule has 11 nitrogen and oxygen atoms in total. The molecule has 0 amide bonds. The number of ether oxygens (including phenoxy) is 4. The molecule has 2 aliphatic heterocycles. The fraction of sp³-hybridized carbons (Fsp3) is 1.00. The summed E-state index contributed by atoms with van der Waals surface area (Å²) in [5.74, 6) is 0.349. The zero-order valence-corrected chi connectivity index (χ0v) is 16.8. The molecular weight excluding hydrogens is 404 g/mol. The molecule has 2 heterocycles. The van der Waals surface area contributed by atoms with Crippen LogP contribution in [-0.4, -0.2) is 117 Å². The lowest BCUT2D eigenvalue weighted by atomic mass is 9.90. The molecule has 0 radical (unpaired) electrons. The Morgan fingerprint density at radius 3 is 1.90 bits per heavy atom. The van der Waals surface area contributed by atoms with Gasteiger partial charge in [-0.3, -0.25) is 0 Å². The molecule has 7 N–H and O–H groups in total. The molecule has 3 aliphatic rings. The van der Waals surface area contributed by atoms with E-state index >= 15 is 0 Å². The van der Waals surface area contributed by atoms with Gasteiger partial charge in [0.15, 0.2) is 12.6 Å². The second-order valence-corrected chi connectivity index (χ2v) is 8.34. The molecule has 0 bridgehead atoms. The van der Waals surface area contributed by atoms with E-state index in [9.17, 15) is 35.7 Å². The van der Waals surface area contributed by atoms with E-state index in [0.29, 0.717) is 12.5 Å².